The number of nitrogens with zero attached hydrogens (tertiary/aromatic N) is 3. The molecule has 13 heavy (non-hydrogen) atoms. The Morgan fingerprint density at radius 3 is 3.15 bits per heavy atom. The maximum absolute atomic E-state index is 5.35. The maximum atomic E-state index is 5.35. The van der Waals surface area contributed by atoms with Gasteiger partial charge in [0.1, 0.15) is 0 Å². The van der Waals surface area contributed by atoms with Crippen LogP contribution in [0.3, 0.4) is 0 Å². The number of hydrazine groups is 1. The van der Waals surface area contributed by atoms with Crippen LogP contribution >= 0.6 is 0 Å². The number of nitrogens with one attached hydrogen (secondary N) is 1. The van der Waals surface area contributed by atoms with Crippen LogP contribution in [0.4, 0.5) is 5.69 Å². The lowest BCUT2D eigenvalue weighted by Gasteiger charge is -2.01. The summed E-state index contributed by atoms with van der Waals surface area (Å²) in [5.41, 5.74) is 4.32. The zero-order valence-corrected chi connectivity index (χ0v) is 7.36. The van der Waals surface area contributed by atoms with Crippen molar-refractivity contribution in [3.05, 3.63) is 18.5 Å². The number of hydrogen-bond acceptors (Lipinski definition) is 4. The second-order valence-corrected chi connectivity index (χ2v) is 2.70. The van der Waals surface area contributed by atoms with Gasteiger partial charge in [-0.1, -0.05) is 0 Å². The molecule has 0 bridgehead atoms. The van der Waals surface area contributed by atoms with E-state index in [0.29, 0.717) is 0 Å². The number of hydrogen-bond donors (Lipinski definition) is 2. The summed E-state index contributed by atoms with van der Waals surface area (Å²) < 4.78 is 1.83. The second-order valence-electron chi connectivity index (χ2n) is 2.70. The molecule has 2 aromatic rings. The molecule has 0 atom stereocenters. The van der Waals surface area contributed by atoms with Crippen LogP contribution in [0, 0.1) is 0 Å². The fourth-order valence-corrected chi connectivity index (χ4v) is 1.33. The van der Waals surface area contributed by atoms with E-state index in [1.54, 1.807) is 12.4 Å². The molecule has 0 saturated heterocycles. The predicted octanol–water partition coefficient (Wildman–Crippen LogP) is 0.737. The topological polar surface area (TPSA) is 68.8 Å². The van der Waals surface area contributed by atoms with Crippen molar-refractivity contribution in [2.75, 3.05) is 5.43 Å². The van der Waals surface area contributed by atoms with Crippen LogP contribution in [0.2, 0.25) is 0 Å². The van der Waals surface area contributed by atoms with Gasteiger partial charge >= 0.3 is 0 Å². The van der Waals surface area contributed by atoms with E-state index in [1.807, 2.05) is 17.7 Å². The Bertz CT molecular complexity index is 419. The van der Waals surface area contributed by atoms with E-state index in [2.05, 4.69) is 15.5 Å². The summed E-state index contributed by atoms with van der Waals surface area (Å²) in [6.45, 7) is 2.83. The normalized spacial score (nSPS) is 10.6. The molecule has 0 aliphatic carbocycles. The molecular weight excluding hydrogens is 166 g/mol. The number of anilines is 1. The lowest BCUT2D eigenvalue weighted by Crippen LogP contribution is -2.07. The van der Waals surface area contributed by atoms with Crippen molar-refractivity contribution in [2.45, 2.75) is 13.5 Å². The van der Waals surface area contributed by atoms with Gasteiger partial charge in [0.15, 0.2) is 5.65 Å². The molecule has 0 unspecified atom stereocenters. The van der Waals surface area contributed by atoms with Crippen molar-refractivity contribution in [3.8, 4) is 0 Å². The van der Waals surface area contributed by atoms with Gasteiger partial charge in [0, 0.05) is 12.7 Å². The smallest absolute Gasteiger partial charge is 0.159 e. The molecule has 0 spiro atoms. The molecule has 0 aromatic carbocycles. The molecular formula is C8H11N5. The standard InChI is InChI=1S/C8H11N5/c1-2-13-8-6(5-11-13)7(12-9)3-4-10-8/h3-5H,2,9H2,1H3,(H,10,12). The van der Waals surface area contributed by atoms with Crippen LogP contribution in [0.25, 0.3) is 11.0 Å². The average molecular weight is 177 g/mol. The van der Waals surface area contributed by atoms with Crippen LogP contribution < -0.4 is 11.3 Å². The highest BCUT2D eigenvalue weighted by molar-refractivity contribution is 5.88. The Morgan fingerprint density at radius 2 is 2.46 bits per heavy atom. The Morgan fingerprint density at radius 1 is 1.62 bits per heavy atom. The highest BCUT2D eigenvalue weighted by Crippen LogP contribution is 2.19. The minimum absolute atomic E-state index is 0.810. The average Bonchev–Trinajstić information content (AvgIpc) is 2.60. The minimum atomic E-state index is 0.810. The molecule has 2 heterocycles. The fraction of sp³-hybridized carbons (Fsp3) is 0.250. The summed E-state index contributed by atoms with van der Waals surface area (Å²) in [7, 11) is 0. The third kappa shape index (κ3) is 1.13. The van der Waals surface area contributed by atoms with E-state index in [-0.39, 0.29) is 0 Å². The third-order valence-electron chi connectivity index (χ3n) is 1.99. The van der Waals surface area contributed by atoms with E-state index >= 15 is 0 Å². The lowest BCUT2D eigenvalue weighted by molar-refractivity contribution is 0.677. The minimum Gasteiger partial charge on any atom is -0.323 e. The van der Waals surface area contributed by atoms with E-state index in [4.69, 9.17) is 5.84 Å². The highest BCUT2D eigenvalue weighted by Gasteiger charge is 2.05. The van der Waals surface area contributed by atoms with Gasteiger partial charge in [0.25, 0.3) is 0 Å². The van der Waals surface area contributed by atoms with Gasteiger partial charge < -0.3 is 5.43 Å². The Hall–Kier alpha value is -1.62. The first-order chi connectivity index (χ1) is 6.36. The van der Waals surface area contributed by atoms with Gasteiger partial charge in [0.05, 0.1) is 17.3 Å². The molecule has 0 amide bonds. The number of pyridine rings is 1. The molecule has 2 rings (SSSR count). The summed E-state index contributed by atoms with van der Waals surface area (Å²) in [5, 5.41) is 5.13. The first kappa shape index (κ1) is 8.00. The van der Waals surface area contributed by atoms with Crippen LogP contribution in [-0.4, -0.2) is 14.8 Å². The largest absolute Gasteiger partial charge is 0.323 e. The van der Waals surface area contributed by atoms with Gasteiger partial charge in [0.2, 0.25) is 0 Å². The molecule has 2 aromatic heterocycles. The number of aromatic nitrogens is 3. The fourth-order valence-electron chi connectivity index (χ4n) is 1.33. The summed E-state index contributed by atoms with van der Waals surface area (Å²) >= 11 is 0. The third-order valence-corrected chi connectivity index (χ3v) is 1.99. The van der Waals surface area contributed by atoms with Gasteiger partial charge in [-0.25, -0.2) is 9.67 Å². The number of nitrogen functional groups attached to an aromatic ring is 1. The number of nitrogens with two attached hydrogens (primary N) is 1. The van der Waals surface area contributed by atoms with Crippen LogP contribution in [0.15, 0.2) is 18.5 Å². The van der Waals surface area contributed by atoms with Crippen LogP contribution in [-0.2, 0) is 6.54 Å². The molecule has 0 aliphatic rings. The summed E-state index contributed by atoms with van der Waals surface area (Å²) in [6, 6.07) is 1.82. The maximum Gasteiger partial charge on any atom is 0.159 e. The van der Waals surface area contributed by atoms with Crippen molar-refractivity contribution in [1.29, 1.82) is 0 Å². The van der Waals surface area contributed by atoms with Crippen molar-refractivity contribution in [1.82, 2.24) is 14.8 Å². The second kappa shape index (κ2) is 3.02. The van der Waals surface area contributed by atoms with Crippen molar-refractivity contribution >= 4 is 16.7 Å². The van der Waals surface area contributed by atoms with Crippen molar-refractivity contribution in [3.63, 3.8) is 0 Å². The van der Waals surface area contributed by atoms with E-state index in [1.165, 1.54) is 0 Å². The SMILES string of the molecule is CCn1ncc2c(NN)ccnc21. The van der Waals surface area contributed by atoms with E-state index in [0.717, 1.165) is 23.3 Å². The van der Waals surface area contributed by atoms with Gasteiger partial charge in [-0.2, -0.15) is 5.10 Å². The van der Waals surface area contributed by atoms with Crippen LogP contribution in [0.1, 0.15) is 6.92 Å². The van der Waals surface area contributed by atoms with Gasteiger partial charge in [-0.15, -0.1) is 0 Å². The quantitative estimate of drug-likeness (QED) is 0.524. The Kier molecular flexibility index (Phi) is 1.86. The van der Waals surface area contributed by atoms with E-state index < -0.39 is 0 Å². The molecule has 68 valence electrons. The van der Waals surface area contributed by atoms with E-state index in [9.17, 15) is 0 Å². The highest BCUT2D eigenvalue weighted by atomic mass is 15.3. The van der Waals surface area contributed by atoms with Crippen molar-refractivity contribution in [2.24, 2.45) is 5.84 Å². The zero-order chi connectivity index (χ0) is 9.26. The number of aryl methyl sites for hydroxylation is 1. The summed E-state index contributed by atoms with van der Waals surface area (Å²) in [6.07, 6.45) is 3.48. The zero-order valence-electron chi connectivity index (χ0n) is 7.36. The lowest BCUT2D eigenvalue weighted by atomic mass is 10.3. The number of rotatable bonds is 2. The summed E-state index contributed by atoms with van der Waals surface area (Å²) in [4.78, 5) is 4.23. The molecule has 0 saturated carbocycles. The number of fused-ring (bicyclic) bond motifs is 1. The monoisotopic (exact) mass is 177 g/mol. The molecule has 0 radical (unpaired) electrons. The van der Waals surface area contributed by atoms with Crippen LogP contribution in [0.5, 0.6) is 0 Å². The summed E-state index contributed by atoms with van der Waals surface area (Å²) in [5.74, 6) is 5.35. The molecule has 5 nitrogen and oxygen atoms in total. The van der Waals surface area contributed by atoms with Crippen molar-refractivity contribution < 1.29 is 0 Å². The Labute approximate surface area is 75.5 Å². The molecule has 0 fully saturated rings. The first-order valence-electron chi connectivity index (χ1n) is 4.14. The van der Waals surface area contributed by atoms with Gasteiger partial charge in [-0.05, 0) is 13.0 Å². The first-order valence-corrected chi connectivity index (χ1v) is 4.14. The predicted molar refractivity (Wildman–Crippen MR) is 51.0 cm³/mol. The van der Waals surface area contributed by atoms with Gasteiger partial charge in [-0.3, -0.25) is 5.84 Å². The molecule has 5 heteroatoms. The molecule has 0 aliphatic heterocycles. The Balaban J connectivity index is 2.72. The molecule has 3 N–H and O–H groups in total.